The minimum Gasteiger partial charge on any atom is -0.382 e. The average Bonchev–Trinajstić information content (AvgIpc) is 2.69. The molecule has 7 nitrogen and oxygen atoms in total. The largest absolute Gasteiger partial charge is 0.382 e. The SMILES string of the molecule is CS(=O)(=O)c1c(N)nsc1NCc1cccnn1. The van der Waals surface area contributed by atoms with E-state index >= 15 is 0 Å². The number of aromatic nitrogens is 3. The lowest BCUT2D eigenvalue weighted by molar-refractivity contribution is 0.602. The summed E-state index contributed by atoms with van der Waals surface area (Å²) in [5.41, 5.74) is 6.25. The highest BCUT2D eigenvalue weighted by molar-refractivity contribution is 7.91. The topological polar surface area (TPSA) is 111 Å². The first-order valence-corrected chi connectivity index (χ1v) is 7.60. The molecule has 0 aliphatic carbocycles. The van der Waals surface area contributed by atoms with Gasteiger partial charge in [0.25, 0.3) is 0 Å². The zero-order chi connectivity index (χ0) is 13.2. The lowest BCUT2D eigenvalue weighted by atomic mass is 10.4. The Morgan fingerprint density at radius 1 is 1.50 bits per heavy atom. The standard InChI is InChI=1S/C9H11N5O2S2/c1-18(15,16)7-8(10)14-17-9(7)11-5-6-3-2-4-12-13-6/h2-4,11H,5H2,1H3,(H2,10,14). The summed E-state index contributed by atoms with van der Waals surface area (Å²) in [7, 11) is -3.40. The monoisotopic (exact) mass is 285 g/mol. The van der Waals surface area contributed by atoms with Gasteiger partial charge in [0.2, 0.25) is 0 Å². The average molecular weight is 285 g/mol. The van der Waals surface area contributed by atoms with Crippen LogP contribution in [0, 0.1) is 0 Å². The van der Waals surface area contributed by atoms with E-state index in [2.05, 4.69) is 19.9 Å². The zero-order valence-corrected chi connectivity index (χ0v) is 11.1. The van der Waals surface area contributed by atoms with Crippen LogP contribution < -0.4 is 11.1 Å². The van der Waals surface area contributed by atoms with Crippen LogP contribution >= 0.6 is 11.5 Å². The van der Waals surface area contributed by atoms with Gasteiger partial charge in [-0.05, 0) is 23.7 Å². The Labute approximate surface area is 108 Å². The van der Waals surface area contributed by atoms with Crippen LogP contribution in [0.25, 0.3) is 0 Å². The normalized spacial score (nSPS) is 11.4. The van der Waals surface area contributed by atoms with E-state index in [1.54, 1.807) is 18.3 Å². The second-order valence-electron chi connectivity index (χ2n) is 3.57. The van der Waals surface area contributed by atoms with Gasteiger partial charge in [-0.1, -0.05) is 0 Å². The Morgan fingerprint density at radius 3 is 2.89 bits per heavy atom. The van der Waals surface area contributed by atoms with Crippen molar-refractivity contribution < 1.29 is 8.42 Å². The second-order valence-corrected chi connectivity index (χ2v) is 6.29. The molecule has 2 aromatic heterocycles. The molecule has 0 fully saturated rings. The third kappa shape index (κ3) is 2.74. The molecule has 2 aromatic rings. The molecule has 0 atom stereocenters. The van der Waals surface area contributed by atoms with E-state index in [1.165, 1.54) is 0 Å². The summed E-state index contributed by atoms with van der Waals surface area (Å²) in [4.78, 5) is 0.0383. The summed E-state index contributed by atoms with van der Waals surface area (Å²) in [5, 5.41) is 11.0. The lowest BCUT2D eigenvalue weighted by Gasteiger charge is -2.04. The smallest absolute Gasteiger partial charge is 0.182 e. The van der Waals surface area contributed by atoms with Crippen LogP contribution in [0.2, 0.25) is 0 Å². The second kappa shape index (κ2) is 4.86. The lowest BCUT2D eigenvalue weighted by Crippen LogP contribution is -2.06. The van der Waals surface area contributed by atoms with Crippen molar-refractivity contribution in [3.05, 3.63) is 24.0 Å². The van der Waals surface area contributed by atoms with Gasteiger partial charge in [-0.3, -0.25) is 0 Å². The molecular weight excluding hydrogens is 274 g/mol. The molecule has 2 heterocycles. The molecule has 0 unspecified atom stereocenters. The number of rotatable bonds is 4. The van der Waals surface area contributed by atoms with Crippen LogP contribution in [0.3, 0.4) is 0 Å². The summed E-state index contributed by atoms with van der Waals surface area (Å²) >= 11 is 1.01. The Kier molecular flexibility index (Phi) is 3.43. The fraction of sp³-hybridized carbons (Fsp3) is 0.222. The highest BCUT2D eigenvalue weighted by Crippen LogP contribution is 2.31. The van der Waals surface area contributed by atoms with Crippen molar-refractivity contribution in [1.82, 2.24) is 14.6 Å². The number of hydrogen-bond donors (Lipinski definition) is 2. The molecule has 18 heavy (non-hydrogen) atoms. The molecule has 0 aromatic carbocycles. The van der Waals surface area contributed by atoms with E-state index in [1.807, 2.05) is 0 Å². The van der Waals surface area contributed by atoms with Crippen molar-refractivity contribution in [2.75, 3.05) is 17.3 Å². The number of nitrogens with zero attached hydrogens (tertiary/aromatic N) is 3. The van der Waals surface area contributed by atoms with Gasteiger partial charge in [0, 0.05) is 12.5 Å². The van der Waals surface area contributed by atoms with Crippen molar-refractivity contribution in [2.24, 2.45) is 0 Å². The van der Waals surface area contributed by atoms with Crippen LogP contribution in [0.1, 0.15) is 5.69 Å². The first-order valence-electron chi connectivity index (χ1n) is 4.94. The first-order chi connectivity index (χ1) is 8.48. The van der Waals surface area contributed by atoms with Crippen molar-refractivity contribution in [3.8, 4) is 0 Å². The summed E-state index contributed by atoms with van der Waals surface area (Å²) in [6.45, 7) is 0.359. The Hall–Kier alpha value is -1.74. The molecule has 0 bridgehead atoms. The number of nitrogen functional groups attached to an aromatic ring is 1. The molecular formula is C9H11N5O2S2. The van der Waals surface area contributed by atoms with Crippen LogP contribution in [0.4, 0.5) is 10.8 Å². The first kappa shape index (κ1) is 12.7. The predicted molar refractivity (Wildman–Crippen MR) is 69.0 cm³/mol. The van der Waals surface area contributed by atoms with Crippen LogP contribution in [0.5, 0.6) is 0 Å². The summed E-state index contributed by atoms with van der Waals surface area (Å²) < 4.78 is 27.0. The minimum atomic E-state index is -3.40. The number of anilines is 2. The molecule has 9 heteroatoms. The molecule has 0 spiro atoms. The fourth-order valence-electron chi connectivity index (χ4n) is 1.36. The van der Waals surface area contributed by atoms with Gasteiger partial charge < -0.3 is 11.1 Å². The Bertz CT molecular complexity index is 638. The third-order valence-corrected chi connectivity index (χ3v) is 4.21. The van der Waals surface area contributed by atoms with Gasteiger partial charge in [0.1, 0.15) is 9.90 Å². The number of nitrogens with one attached hydrogen (secondary N) is 1. The van der Waals surface area contributed by atoms with E-state index in [0.717, 1.165) is 17.8 Å². The maximum atomic E-state index is 11.6. The van der Waals surface area contributed by atoms with Crippen LogP contribution in [-0.2, 0) is 16.4 Å². The summed E-state index contributed by atoms with van der Waals surface area (Å²) in [5.74, 6) is 0.0177. The zero-order valence-electron chi connectivity index (χ0n) is 9.49. The summed E-state index contributed by atoms with van der Waals surface area (Å²) in [6, 6.07) is 3.53. The maximum absolute atomic E-state index is 11.6. The van der Waals surface area contributed by atoms with Gasteiger partial charge in [0.15, 0.2) is 15.7 Å². The van der Waals surface area contributed by atoms with Gasteiger partial charge in [-0.15, -0.1) is 0 Å². The van der Waals surface area contributed by atoms with E-state index in [4.69, 9.17) is 5.73 Å². The van der Waals surface area contributed by atoms with Crippen LogP contribution in [0.15, 0.2) is 23.2 Å². The predicted octanol–water partition coefficient (Wildman–Crippen LogP) is 0.531. The molecule has 0 radical (unpaired) electrons. The molecule has 0 aliphatic rings. The van der Waals surface area contributed by atoms with Crippen molar-refractivity contribution in [1.29, 1.82) is 0 Å². The number of nitrogens with two attached hydrogens (primary N) is 1. The number of sulfone groups is 1. The van der Waals surface area contributed by atoms with Gasteiger partial charge in [-0.2, -0.15) is 14.6 Å². The van der Waals surface area contributed by atoms with Crippen molar-refractivity contribution >= 4 is 32.2 Å². The quantitative estimate of drug-likeness (QED) is 0.842. The summed E-state index contributed by atoms with van der Waals surface area (Å²) in [6.07, 6.45) is 2.66. The van der Waals surface area contributed by atoms with E-state index in [-0.39, 0.29) is 10.7 Å². The maximum Gasteiger partial charge on any atom is 0.182 e. The molecule has 0 amide bonds. The Morgan fingerprint density at radius 2 is 2.28 bits per heavy atom. The van der Waals surface area contributed by atoms with E-state index < -0.39 is 9.84 Å². The van der Waals surface area contributed by atoms with Gasteiger partial charge in [0.05, 0.1) is 12.2 Å². The molecule has 3 N–H and O–H groups in total. The Balaban J connectivity index is 2.21. The van der Waals surface area contributed by atoms with E-state index in [9.17, 15) is 8.42 Å². The third-order valence-electron chi connectivity index (χ3n) is 2.10. The van der Waals surface area contributed by atoms with Gasteiger partial charge >= 0.3 is 0 Å². The minimum absolute atomic E-state index is 0.0177. The molecule has 0 saturated carbocycles. The molecule has 0 aliphatic heterocycles. The van der Waals surface area contributed by atoms with Crippen molar-refractivity contribution in [2.45, 2.75) is 11.4 Å². The number of hydrogen-bond acceptors (Lipinski definition) is 8. The highest BCUT2D eigenvalue weighted by Gasteiger charge is 2.21. The van der Waals surface area contributed by atoms with Gasteiger partial charge in [-0.25, -0.2) is 8.42 Å². The molecule has 2 rings (SSSR count). The van der Waals surface area contributed by atoms with E-state index in [0.29, 0.717) is 17.2 Å². The fourth-order valence-corrected chi connectivity index (χ4v) is 3.43. The molecule has 0 saturated heterocycles. The van der Waals surface area contributed by atoms with Crippen LogP contribution in [-0.4, -0.2) is 29.2 Å². The molecule has 96 valence electrons. The van der Waals surface area contributed by atoms with Crippen molar-refractivity contribution in [3.63, 3.8) is 0 Å². The highest BCUT2D eigenvalue weighted by atomic mass is 32.2.